The number of hydrogen-bond donors (Lipinski definition) is 1. The third-order valence-corrected chi connectivity index (χ3v) is 7.01. The van der Waals surface area contributed by atoms with Crippen molar-refractivity contribution in [1.29, 1.82) is 0 Å². The lowest BCUT2D eigenvalue weighted by Crippen LogP contribution is -2.35. The van der Waals surface area contributed by atoms with Crippen LogP contribution in [0.1, 0.15) is 40.6 Å². The van der Waals surface area contributed by atoms with Gasteiger partial charge in [-0.3, -0.25) is 9.58 Å². The highest BCUT2D eigenvalue weighted by Crippen LogP contribution is 2.31. The van der Waals surface area contributed by atoms with Crippen LogP contribution in [0, 0.1) is 5.82 Å². The summed E-state index contributed by atoms with van der Waals surface area (Å²) in [5.74, 6) is -0.945. The van der Waals surface area contributed by atoms with E-state index in [9.17, 15) is 23.1 Å². The number of hydrogen-bond acceptors (Lipinski definition) is 6. The maximum atomic E-state index is 14.0. The van der Waals surface area contributed by atoms with Crippen LogP contribution >= 0.6 is 11.6 Å². The number of imidazole rings is 1. The summed E-state index contributed by atoms with van der Waals surface area (Å²) in [5.41, 5.74) is 0.818. The van der Waals surface area contributed by atoms with Gasteiger partial charge in [0.15, 0.2) is 5.75 Å². The summed E-state index contributed by atoms with van der Waals surface area (Å²) in [4.78, 5) is 18.2. The van der Waals surface area contributed by atoms with Crippen molar-refractivity contribution in [3.8, 4) is 11.6 Å². The van der Waals surface area contributed by atoms with Gasteiger partial charge in [-0.1, -0.05) is 17.7 Å². The maximum Gasteiger partial charge on any atom is 0.387 e. The molecule has 0 atom stereocenters. The van der Waals surface area contributed by atoms with Crippen LogP contribution < -0.4 is 9.47 Å². The first-order valence-corrected chi connectivity index (χ1v) is 12.6. The molecule has 1 aliphatic rings. The van der Waals surface area contributed by atoms with Gasteiger partial charge in [0, 0.05) is 43.0 Å². The average Bonchev–Trinajstić information content (AvgIpc) is 3.49. The van der Waals surface area contributed by atoms with E-state index in [4.69, 9.17) is 16.3 Å². The summed E-state index contributed by atoms with van der Waals surface area (Å²) in [6, 6.07) is 8.77. The molecule has 0 spiro atoms. The van der Waals surface area contributed by atoms with Gasteiger partial charge < -0.3 is 19.1 Å². The van der Waals surface area contributed by atoms with E-state index in [0.29, 0.717) is 34.4 Å². The number of carbonyl (C=O) groups is 1. The number of fused-ring (bicyclic) bond motifs is 1. The molecule has 0 saturated carbocycles. The molecule has 5 rings (SSSR count). The predicted octanol–water partition coefficient (Wildman–Crippen LogP) is 5.28. The molecular formula is C26H25ClF3N5O4. The number of carboxylic acid groups (broad SMARTS) is 1. The summed E-state index contributed by atoms with van der Waals surface area (Å²) >= 11 is 5.79. The topological polar surface area (TPSA) is 94.6 Å². The van der Waals surface area contributed by atoms with Crippen molar-refractivity contribution in [2.75, 3.05) is 13.1 Å². The van der Waals surface area contributed by atoms with Crippen LogP contribution in [0.3, 0.4) is 0 Å². The molecule has 9 nitrogen and oxygen atoms in total. The van der Waals surface area contributed by atoms with Gasteiger partial charge in [-0.15, -0.1) is 5.10 Å². The summed E-state index contributed by atoms with van der Waals surface area (Å²) in [6.07, 6.45) is 3.45. The molecule has 1 fully saturated rings. The molecular weight excluding hydrogens is 539 g/mol. The quantitative estimate of drug-likeness (QED) is 0.296. The Balaban J connectivity index is 1.21. The standard InChI is InChI=1S/C26H25ClF3N5O4/c1-33-20-10-16(25(36)37)11-21(39-26(29)30)24(20)31-22(33)13-34-7-4-18(5-8-34)35-9-6-23(32-35)38-14-15-2-3-17(27)12-19(15)28/h2-3,6,9-12,18,26H,4-5,7-8,13-14H2,1H3,(H,36,37). The van der Waals surface area contributed by atoms with Crippen molar-refractivity contribution in [1.82, 2.24) is 24.2 Å². The van der Waals surface area contributed by atoms with Crippen LogP contribution in [-0.2, 0) is 20.2 Å². The number of ether oxygens (including phenoxy) is 2. The zero-order valence-corrected chi connectivity index (χ0v) is 21.6. The van der Waals surface area contributed by atoms with Crippen molar-refractivity contribution >= 4 is 28.6 Å². The van der Waals surface area contributed by atoms with E-state index in [-0.39, 0.29) is 29.5 Å². The highest BCUT2D eigenvalue weighted by atomic mass is 35.5. The lowest BCUT2D eigenvalue weighted by molar-refractivity contribution is -0.0489. The Hall–Kier alpha value is -3.77. The molecule has 0 unspecified atom stereocenters. The second-order valence-electron chi connectivity index (χ2n) is 9.28. The monoisotopic (exact) mass is 563 g/mol. The normalized spacial score (nSPS) is 14.8. The van der Waals surface area contributed by atoms with Gasteiger partial charge in [-0.25, -0.2) is 14.2 Å². The SMILES string of the molecule is Cn1c(CN2CCC(n3ccc(OCc4ccc(Cl)cc4F)n3)CC2)nc2c(OC(F)F)cc(C(=O)O)cc21. The van der Waals surface area contributed by atoms with Crippen LogP contribution in [0.15, 0.2) is 42.6 Å². The third kappa shape index (κ3) is 5.96. The predicted molar refractivity (Wildman–Crippen MR) is 136 cm³/mol. The van der Waals surface area contributed by atoms with Crippen LogP contribution in [0.5, 0.6) is 11.6 Å². The number of likely N-dealkylation sites (tertiary alicyclic amines) is 1. The van der Waals surface area contributed by atoms with Crippen molar-refractivity contribution < 1.29 is 32.5 Å². The van der Waals surface area contributed by atoms with Crippen molar-refractivity contribution in [3.63, 3.8) is 0 Å². The molecule has 1 aliphatic heterocycles. The van der Waals surface area contributed by atoms with E-state index in [1.807, 2.05) is 10.9 Å². The second-order valence-corrected chi connectivity index (χ2v) is 9.71. The molecule has 0 aliphatic carbocycles. The number of benzene rings is 2. The van der Waals surface area contributed by atoms with E-state index >= 15 is 0 Å². The maximum absolute atomic E-state index is 14.0. The number of aryl methyl sites for hydroxylation is 1. The van der Waals surface area contributed by atoms with E-state index in [0.717, 1.165) is 32.0 Å². The first-order valence-electron chi connectivity index (χ1n) is 12.2. The fraction of sp³-hybridized carbons (Fsp3) is 0.346. The number of aromatic nitrogens is 4. The molecule has 2 aromatic carbocycles. The second kappa shape index (κ2) is 11.1. The van der Waals surface area contributed by atoms with E-state index in [1.54, 1.807) is 29.8 Å². The zero-order valence-electron chi connectivity index (χ0n) is 20.9. The number of piperidine rings is 1. The largest absolute Gasteiger partial charge is 0.478 e. The van der Waals surface area contributed by atoms with Gasteiger partial charge in [-0.05, 0) is 37.1 Å². The minimum atomic E-state index is -3.10. The molecule has 0 bridgehead atoms. The number of nitrogens with zero attached hydrogens (tertiary/aromatic N) is 5. The molecule has 1 saturated heterocycles. The molecule has 39 heavy (non-hydrogen) atoms. The molecule has 3 heterocycles. The molecule has 206 valence electrons. The smallest absolute Gasteiger partial charge is 0.387 e. The number of halogens is 4. The zero-order chi connectivity index (χ0) is 27.7. The Kier molecular flexibility index (Phi) is 7.67. The van der Waals surface area contributed by atoms with Crippen LogP contribution in [-0.4, -0.2) is 55.0 Å². The number of carboxylic acids is 1. The van der Waals surface area contributed by atoms with Crippen LogP contribution in [0.4, 0.5) is 13.2 Å². The molecule has 0 amide bonds. The average molecular weight is 564 g/mol. The van der Waals surface area contributed by atoms with E-state index in [1.165, 1.54) is 12.1 Å². The fourth-order valence-corrected chi connectivity index (χ4v) is 4.85. The molecule has 2 aromatic heterocycles. The van der Waals surface area contributed by atoms with Crippen LogP contribution in [0.2, 0.25) is 5.02 Å². The third-order valence-electron chi connectivity index (χ3n) is 6.78. The molecule has 4 aromatic rings. The minimum absolute atomic E-state index is 0.0362. The van der Waals surface area contributed by atoms with Gasteiger partial charge in [0.1, 0.15) is 23.8 Å². The van der Waals surface area contributed by atoms with Gasteiger partial charge in [0.2, 0.25) is 5.88 Å². The number of aromatic carboxylic acids is 1. The van der Waals surface area contributed by atoms with Gasteiger partial charge in [0.25, 0.3) is 0 Å². The number of alkyl halides is 2. The van der Waals surface area contributed by atoms with Crippen molar-refractivity contribution in [2.24, 2.45) is 7.05 Å². The lowest BCUT2D eigenvalue weighted by atomic mass is 10.1. The summed E-state index contributed by atoms with van der Waals surface area (Å²) in [7, 11) is 1.72. The van der Waals surface area contributed by atoms with E-state index < -0.39 is 18.4 Å². The Morgan fingerprint density at radius 2 is 1.97 bits per heavy atom. The van der Waals surface area contributed by atoms with Gasteiger partial charge in [-0.2, -0.15) is 8.78 Å². The fourth-order valence-electron chi connectivity index (χ4n) is 4.69. The first-order chi connectivity index (χ1) is 18.7. The summed E-state index contributed by atoms with van der Waals surface area (Å²) < 4.78 is 53.6. The Bertz CT molecular complexity index is 1500. The minimum Gasteiger partial charge on any atom is -0.478 e. The summed E-state index contributed by atoms with van der Waals surface area (Å²) in [6.45, 7) is -1.14. The molecule has 1 N–H and O–H groups in total. The van der Waals surface area contributed by atoms with Gasteiger partial charge in [0.05, 0.1) is 23.7 Å². The summed E-state index contributed by atoms with van der Waals surface area (Å²) in [5, 5.41) is 14.2. The lowest BCUT2D eigenvalue weighted by Gasteiger charge is -2.31. The van der Waals surface area contributed by atoms with Crippen LogP contribution in [0.25, 0.3) is 11.0 Å². The number of rotatable bonds is 9. The molecule has 0 radical (unpaired) electrons. The van der Waals surface area contributed by atoms with E-state index in [2.05, 4.69) is 19.7 Å². The Morgan fingerprint density at radius 3 is 2.67 bits per heavy atom. The van der Waals surface area contributed by atoms with Crippen molar-refractivity contribution in [2.45, 2.75) is 38.6 Å². The highest BCUT2D eigenvalue weighted by Gasteiger charge is 2.24. The van der Waals surface area contributed by atoms with Gasteiger partial charge >= 0.3 is 12.6 Å². The molecule has 13 heteroatoms. The van der Waals surface area contributed by atoms with Crippen molar-refractivity contribution in [3.05, 3.63) is 70.4 Å². The Morgan fingerprint density at radius 1 is 1.21 bits per heavy atom. The first kappa shape index (κ1) is 26.8. The highest BCUT2D eigenvalue weighted by molar-refractivity contribution is 6.30. The Labute approximate surface area is 226 Å².